The Morgan fingerprint density at radius 3 is 2.69 bits per heavy atom. The number of ether oxygens (including phenoxy) is 1. The van der Waals surface area contributed by atoms with Crippen molar-refractivity contribution in [1.29, 1.82) is 0 Å². The van der Waals surface area contributed by atoms with Crippen molar-refractivity contribution in [2.24, 2.45) is 11.3 Å². The minimum absolute atomic E-state index is 0.404. The third kappa shape index (κ3) is 2.76. The summed E-state index contributed by atoms with van der Waals surface area (Å²) in [5.41, 5.74) is 0.404. The van der Waals surface area contributed by atoms with Gasteiger partial charge >= 0.3 is 0 Å². The van der Waals surface area contributed by atoms with E-state index >= 15 is 0 Å². The van der Waals surface area contributed by atoms with Gasteiger partial charge in [-0.2, -0.15) is 0 Å². The SMILES string of the molecule is CCN1CCC(NCC2(C)COC2)C(C)C1. The van der Waals surface area contributed by atoms with E-state index in [4.69, 9.17) is 4.74 Å². The molecule has 0 bridgehead atoms. The van der Waals surface area contributed by atoms with Crippen LogP contribution in [0.15, 0.2) is 0 Å². The Balaban J connectivity index is 1.73. The van der Waals surface area contributed by atoms with Gasteiger partial charge in [0.1, 0.15) is 0 Å². The highest BCUT2D eigenvalue weighted by molar-refractivity contribution is 4.88. The Morgan fingerprint density at radius 1 is 1.44 bits per heavy atom. The number of nitrogens with one attached hydrogen (secondary N) is 1. The first kappa shape index (κ1) is 12.3. The average molecular weight is 226 g/mol. The number of hydrogen-bond donors (Lipinski definition) is 1. The predicted octanol–water partition coefficient (Wildman–Crippen LogP) is 1.34. The molecular formula is C13H26N2O. The van der Waals surface area contributed by atoms with Crippen LogP contribution in [0.1, 0.15) is 27.2 Å². The van der Waals surface area contributed by atoms with Gasteiger partial charge in [-0.3, -0.25) is 0 Å². The largest absolute Gasteiger partial charge is 0.380 e. The minimum atomic E-state index is 0.404. The Morgan fingerprint density at radius 2 is 2.19 bits per heavy atom. The second kappa shape index (κ2) is 5.03. The van der Waals surface area contributed by atoms with Crippen molar-refractivity contribution < 1.29 is 4.74 Å². The topological polar surface area (TPSA) is 24.5 Å². The van der Waals surface area contributed by atoms with E-state index in [2.05, 4.69) is 31.0 Å². The molecule has 0 aliphatic carbocycles. The molecule has 3 nitrogen and oxygen atoms in total. The van der Waals surface area contributed by atoms with Crippen LogP contribution in [0, 0.1) is 11.3 Å². The number of nitrogens with zero attached hydrogens (tertiary/aromatic N) is 1. The fourth-order valence-corrected chi connectivity index (χ4v) is 2.75. The molecule has 0 spiro atoms. The van der Waals surface area contributed by atoms with Crippen molar-refractivity contribution in [3.05, 3.63) is 0 Å². The van der Waals surface area contributed by atoms with Crippen LogP contribution >= 0.6 is 0 Å². The van der Waals surface area contributed by atoms with Crippen molar-refractivity contribution in [3.8, 4) is 0 Å². The standard InChI is InChI=1S/C13H26N2O/c1-4-15-6-5-12(11(2)7-15)14-8-13(3)9-16-10-13/h11-12,14H,4-10H2,1-3H3. The van der Waals surface area contributed by atoms with Crippen LogP contribution in [0.3, 0.4) is 0 Å². The molecule has 2 rings (SSSR count). The van der Waals surface area contributed by atoms with Gasteiger partial charge in [0, 0.05) is 24.5 Å². The molecule has 2 heterocycles. The number of rotatable bonds is 4. The van der Waals surface area contributed by atoms with Gasteiger partial charge in [-0.1, -0.05) is 20.8 Å². The van der Waals surface area contributed by atoms with E-state index in [-0.39, 0.29) is 0 Å². The minimum Gasteiger partial charge on any atom is -0.380 e. The van der Waals surface area contributed by atoms with Crippen molar-refractivity contribution in [3.63, 3.8) is 0 Å². The molecule has 0 radical (unpaired) electrons. The summed E-state index contributed by atoms with van der Waals surface area (Å²) >= 11 is 0. The molecule has 2 saturated heterocycles. The summed E-state index contributed by atoms with van der Waals surface area (Å²) in [4.78, 5) is 2.55. The Kier molecular flexibility index (Phi) is 3.88. The van der Waals surface area contributed by atoms with Crippen molar-refractivity contribution in [2.75, 3.05) is 39.4 Å². The zero-order valence-corrected chi connectivity index (χ0v) is 11.0. The van der Waals surface area contributed by atoms with E-state index < -0.39 is 0 Å². The zero-order chi connectivity index (χ0) is 11.6. The van der Waals surface area contributed by atoms with Gasteiger partial charge in [0.15, 0.2) is 0 Å². The number of likely N-dealkylation sites (tertiary alicyclic amines) is 1. The molecule has 94 valence electrons. The van der Waals surface area contributed by atoms with Crippen molar-refractivity contribution in [1.82, 2.24) is 10.2 Å². The maximum atomic E-state index is 5.29. The van der Waals surface area contributed by atoms with E-state index in [0.717, 1.165) is 25.7 Å². The fraction of sp³-hybridized carbons (Fsp3) is 1.00. The third-order valence-corrected chi connectivity index (χ3v) is 4.13. The summed E-state index contributed by atoms with van der Waals surface area (Å²) in [5, 5.41) is 3.75. The van der Waals surface area contributed by atoms with E-state index in [9.17, 15) is 0 Å². The van der Waals surface area contributed by atoms with Gasteiger partial charge in [0.25, 0.3) is 0 Å². The lowest BCUT2D eigenvalue weighted by molar-refractivity contribution is -0.101. The van der Waals surface area contributed by atoms with Crippen molar-refractivity contribution >= 4 is 0 Å². The highest BCUT2D eigenvalue weighted by Gasteiger charge is 2.34. The van der Waals surface area contributed by atoms with Gasteiger partial charge in [-0.15, -0.1) is 0 Å². The van der Waals surface area contributed by atoms with E-state index in [1.807, 2.05) is 0 Å². The molecule has 0 aromatic heterocycles. The summed E-state index contributed by atoms with van der Waals surface area (Å²) in [6, 6.07) is 0.709. The first-order chi connectivity index (χ1) is 7.63. The fourth-order valence-electron chi connectivity index (χ4n) is 2.75. The van der Waals surface area contributed by atoms with Gasteiger partial charge in [0.05, 0.1) is 13.2 Å². The molecule has 1 N–H and O–H groups in total. The van der Waals surface area contributed by atoms with Crippen LogP contribution in [-0.2, 0) is 4.74 Å². The molecule has 2 aliphatic heterocycles. The highest BCUT2D eigenvalue weighted by Crippen LogP contribution is 2.26. The van der Waals surface area contributed by atoms with E-state index in [1.54, 1.807) is 0 Å². The Hall–Kier alpha value is -0.120. The molecule has 2 aliphatic rings. The van der Waals surface area contributed by atoms with Gasteiger partial charge in [0.2, 0.25) is 0 Å². The molecule has 2 fully saturated rings. The van der Waals surface area contributed by atoms with Gasteiger partial charge in [-0.05, 0) is 25.4 Å². The van der Waals surface area contributed by atoms with Gasteiger partial charge in [-0.25, -0.2) is 0 Å². The Labute approximate surface area is 99.5 Å². The summed E-state index contributed by atoms with van der Waals surface area (Å²) in [6.45, 7) is 13.6. The van der Waals surface area contributed by atoms with E-state index in [0.29, 0.717) is 11.5 Å². The molecule has 2 atom stereocenters. The maximum Gasteiger partial charge on any atom is 0.0554 e. The number of piperidine rings is 1. The smallest absolute Gasteiger partial charge is 0.0554 e. The van der Waals surface area contributed by atoms with Crippen LogP contribution in [-0.4, -0.2) is 50.3 Å². The summed E-state index contributed by atoms with van der Waals surface area (Å²) in [7, 11) is 0. The first-order valence-electron chi connectivity index (χ1n) is 6.66. The van der Waals surface area contributed by atoms with Gasteiger partial charge < -0.3 is 15.0 Å². The highest BCUT2D eigenvalue weighted by atomic mass is 16.5. The quantitative estimate of drug-likeness (QED) is 0.783. The molecule has 3 heteroatoms. The third-order valence-electron chi connectivity index (χ3n) is 4.13. The first-order valence-corrected chi connectivity index (χ1v) is 6.66. The Bertz CT molecular complexity index is 228. The normalized spacial score (nSPS) is 34.7. The van der Waals surface area contributed by atoms with E-state index in [1.165, 1.54) is 26.1 Å². The molecule has 2 unspecified atom stereocenters. The second-order valence-corrected chi connectivity index (χ2v) is 5.95. The van der Waals surface area contributed by atoms with Crippen LogP contribution in [0.25, 0.3) is 0 Å². The average Bonchev–Trinajstić information content (AvgIpc) is 2.25. The van der Waals surface area contributed by atoms with Crippen LogP contribution in [0.2, 0.25) is 0 Å². The molecule has 16 heavy (non-hydrogen) atoms. The van der Waals surface area contributed by atoms with Crippen LogP contribution < -0.4 is 5.32 Å². The second-order valence-electron chi connectivity index (χ2n) is 5.95. The maximum absolute atomic E-state index is 5.29. The zero-order valence-electron chi connectivity index (χ0n) is 11.0. The van der Waals surface area contributed by atoms with Crippen LogP contribution in [0.4, 0.5) is 0 Å². The molecule has 0 aromatic rings. The summed E-state index contributed by atoms with van der Waals surface area (Å²) < 4.78 is 5.29. The molecule has 0 saturated carbocycles. The monoisotopic (exact) mass is 226 g/mol. The molecule has 0 amide bonds. The summed E-state index contributed by atoms with van der Waals surface area (Å²) in [6.07, 6.45) is 1.30. The summed E-state index contributed by atoms with van der Waals surface area (Å²) in [5.74, 6) is 0.776. The molecular weight excluding hydrogens is 200 g/mol. The van der Waals surface area contributed by atoms with Crippen molar-refractivity contribution in [2.45, 2.75) is 33.2 Å². The van der Waals surface area contributed by atoms with Crippen LogP contribution in [0.5, 0.6) is 0 Å². The molecule has 0 aromatic carbocycles. The number of hydrogen-bond acceptors (Lipinski definition) is 3. The lowest BCUT2D eigenvalue weighted by atomic mass is 9.87. The lowest BCUT2D eigenvalue weighted by Crippen LogP contribution is -2.54. The lowest BCUT2D eigenvalue weighted by Gasteiger charge is -2.42. The predicted molar refractivity (Wildman–Crippen MR) is 66.6 cm³/mol.